The van der Waals surface area contributed by atoms with Crippen molar-refractivity contribution in [2.45, 2.75) is 16.2 Å². The summed E-state index contributed by atoms with van der Waals surface area (Å²) in [6.07, 6.45) is 0.390. The molecule has 0 spiro atoms. The molecule has 0 fully saturated rings. The highest BCUT2D eigenvalue weighted by Gasteiger charge is 2.21. The Morgan fingerprint density at radius 1 is 1.12 bits per heavy atom. The highest BCUT2D eigenvalue weighted by atomic mass is 32.2. The van der Waals surface area contributed by atoms with Crippen LogP contribution in [-0.4, -0.2) is 34.3 Å². The minimum absolute atomic E-state index is 0.0453. The minimum Gasteiger partial charge on any atom is -0.497 e. The van der Waals surface area contributed by atoms with E-state index >= 15 is 0 Å². The van der Waals surface area contributed by atoms with E-state index in [1.807, 2.05) is 0 Å². The molecule has 3 rings (SSSR count). The van der Waals surface area contributed by atoms with Gasteiger partial charge in [-0.2, -0.15) is 0 Å². The summed E-state index contributed by atoms with van der Waals surface area (Å²) in [5, 5.41) is 2.74. The first-order valence-electron chi connectivity index (χ1n) is 7.74. The molecule has 1 aliphatic rings. The molecular weight excluding hydrogens is 376 g/mol. The second kappa shape index (κ2) is 7.46. The zero-order valence-corrected chi connectivity index (χ0v) is 15.9. The third kappa shape index (κ3) is 3.88. The minimum atomic E-state index is -3.88. The Balaban J connectivity index is 1.95. The number of carbonyl (C=O) groups excluding carboxylic acids is 1. The fourth-order valence-electron chi connectivity index (χ4n) is 2.46. The molecule has 0 atom stereocenters. The molecule has 0 bridgehead atoms. The normalized spacial score (nSPS) is 14.0. The fourth-order valence-corrected chi connectivity index (χ4v) is 4.49. The summed E-state index contributed by atoms with van der Waals surface area (Å²) in [5.74, 6) is 1.39. The smallest absolute Gasteiger partial charge is 0.262 e. The van der Waals surface area contributed by atoms with Gasteiger partial charge in [0, 0.05) is 23.1 Å². The zero-order chi connectivity index (χ0) is 18.7. The molecule has 0 radical (unpaired) electrons. The highest BCUT2D eigenvalue weighted by molar-refractivity contribution is 7.99. The van der Waals surface area contributed by atoms with Gasteiger partial charge in [0.25, 0.3) is 10.0 Å². The van der Waals surface area contributed by atoms with Crippen molar-refractivity contribution in [2.75, 3.05) is 30.0 Å². The van der Waals surface area contributed by atoms with Crippen LogP contribution in [0, 0.1) is 0 Å². The number of nitrogens with one attached hydrogen (secondary N) is 2. The number of rotatable bonds is 5. The van der Waals surface area contributed by atoms with Crippen LogP contribution in [-0.2, 0) is 14.8 Å². The average Bonchev–Trinajstić information content (AvgIpc) is 2.81. The molecule has 2 aromatic carbocycles. The molecule has 2 N–H and O–H groups in total. The van der Waals surface area contributed by atoms with Crippen molar-refractivity contribution in [3.05, 3.63) is 36.4 Å². The van der Waals surface area contributed by atoms with Gasteiger partial charge >= 0.3 is 0 Å². The van der Waals surface area contributed by atoms with Crippen molar-refractivity contribution in [1.82, 2.24) is 0 Å². The Kier molecular flexibility index (Phi) is 5.28. The van der Waals surface area contributed by atoms with Gasteiger partial charge in [0.05, 0.1) is 30.5 Å². The van der Waals surface area contributed by atoms with Crippen molar-refractivity contribution in [3.8, 4) is 11.5 Å². The second-order valence-corrected chi connectivity index (χ2v) is 8.30. The molecule has 0 saturated carbocycles. The molecule has 1 amide bonds. The molecule has 26 heavy (non-hydrogen) atoms. The van der Waals surface area contributed by atoms with Crippen molar-refractivity contribution in [2.24, 2.45) is 0 Å². The van der Waals surface area contributed by atoms with Gasteiger partial charge in [-0.3, -0.25) is 9.52 Å². The SMILES string of the molecule is COc1ccc(OC)c(NS(=O)(=O)c2ccc3c(c2)NC(=O)CCS3)c1. The Morgan fingerprint density at radius 3 is 2.65 bits per heavy atom. The summed E-state index contributed by atoms with van der Waals surface area (Å²) in [6, 6.07) is 9.50. The first-order chi connectivity index (χ1) is 12.4. The van der Waals surface area contributed by atoms with E-state index in [2.05, 4.69) is 10.0 Å². The van der Waals surface area contributed by atoms with Gasteiger partial charge in [0.1, 0.15) is 11.5 Å². The average molecular weight is 394 g/mol. The summed E-state index contributed by atoms with van der Waals surface area (Å²) in [4.78, 5) is 12.6. The van der Waals surface area contributed by atoms with E-state index in [1.54, 1.807) is 18.2 Å². The van der Waals surface area contributed by atoms with E-state index in [1.165, 1.54) is 44.2 Å². The first-order valence-corrected chi connectivity index (χ1v) is 10.2. The van der Waals surface area contributed by atoms with Crippen molar-refractivity contribution in [3.63, 3.8) is 0 Å². The van der Waals surface area contributed by atoms with Crippen LogP contribution < -0.4 is 19.5 Å². The number of anilines is 2. The van der Waals surface area contributed by atoms with Crippen molar-refractivity contribution >= 4 is 39.1 Å². The molecule has 0 aromatic heterocycles. The van der Waals surface area contributed by atoms with Gasteiger partial charge in [0.2, 0.25) is 5.91 Å². The van der Waals surface area contributed by atoms with E-state index in [-0.39, 0.29) is 16.5 Å². The molecule has 0 unspecified atom stereocenters. The number of thioether (sulfide) groups is 1. The number of carbonyl (C=O) groups is 1. The van der Waals surface area contributed by atoms with Gasteiger partial charge in [-0.1, -0.05) is 0 Å². The maximum atomic E-state index is 12.8. The lowest BCUT2D eigenvalue weighted by molar-refractivity contribution is -0.115. The van der Waals surface area contributed by atoms with Gasteiger partial charge in [-0.05, 0) is 30.3 Å². The predicted molar refractivity (Wildman–Crippen MR) is 101 cm³/mol. The maximum Gasteiger partial charge on any atom is 0.262 e. The Labute approximate surface area is 156 Å². The van der Waals surface area contributed by atoms with Gasteiger partial charge in [-0.25, -0.2) is 8.42 Å². The molecule has 138 valence electrons. The molecule has 1 aliphatic heterocycles. The van der Waals surface area contributed by atoms with Crippen LogP contribution in [0.15, 0.2) is 46.2 Å². The fraction of sp³-hybridized carbons (Fsp3) is 0.235. The summed E-state index contributed by atoms with van der Waals surface area (Å²) >= 11 is 1.51. The van der Waals surface area contributed by atoms with Crippen LogP contribution in [0.3, 0.4) is 0 Å². The summed E-state index contributed by atoms with van der Waals surface area (Å²) in [6.45, 7) is 0. The van der Waals surface area contributed by atoms with Crippen LogP contribution in [0.2, 0.25) is 0 Å². The number of ether oxygens (including phenoxy) is 2. The lowest BCUT2D eigenvalue weighted by atomic mass is 10.3. The van der Waals surface area contributed by atoms with E-state index in [9.17, 15) is 13.2 Å². The summed E-state index contributed by atoms with van der Waals surface area (Å²) < 4.78 is 38.4. The molecule has 0 aliphatic carbocycles. The predicted octanol–water partition coefficient (Wildman–Crippen LogP) is 2.94. The molecule has 0 saturated heterocycles. The Hall–Kier alpha value is -2.39. The van der Waals surface area contributed by atoms with Crippen molar-refractivity contribution < 1.29 is 22.7 Å². The number of hydrogen-bond acceptors (Lipinski definition) is 6. The molecule has 2 aromatic rings. The van der Waals surface area contributed by atoms with Gasteiger partial charge in [-0.15, -0.1) is 11.8 Å². The number of hydrogen-bond donors (Lipinski definition) is 2. The molecular formula is C17H18N2O5S2. The van der Waals surface area contributed by atoms with Crippen LogP contribution in [0.25, 0.3) is 0 Å². The van der Waals surface area contributed by atoms with Crippen LogP contribution in [0.1, 0.15) is 6.42 Å². The van der Waals surface area contributed by atoms with Crippen LogP contribution in [0.5, 0.6) is 11.5 Å². The number of methoxy groups -OCH3 is 2. The van der Waals surface area contributed by atoms with Gasteiger partial charge < -0.3 is 14.8 Å². The van der Waals surface area contributed by atoms with E-state index in [0.29, 0.717) is 29.4 Å². The van der Waals surface area contributed by atoms with Crippen LogP contribution >= 0.6 is 11.8 Å². The van der Waals surface area contributed by atoms with E-state index in [0.717, 1.165) is 4.90 Å². The largest absolute Gasteiger partial charge is 0.497 e. The monoisotopic (exact) mass is 394 g/mol. The topological polar surface area (TPSA) is 93.7 Å². The van der Waals surface area contributed by atoms with Crippen molar-refractivity contribution in [1.29, 1.82) is 0 Å². The lowest BCUT2D eigenvalue weighted by Gasteiger charge is -2.14. The molecule has 7 nitrogen and oxygen atoms in total. The number of benzene rings is 2. The highest BCUT2D eigenvalue weighted by Crippen LogP contribution is 2.34. The summed E-state index contributed by atoms with van der Waals surface area (Å²) in [5.41, 5.74) is 0.762. The Morgan fingerprint density at radius 2 is 1.92 bits per heavy atom. The maximum absolute atomic E-state index is 12.8. The third-order valence-corrected chi connectivity index (χ3v) is 6.21. The number of amides is 1. The second-order valence-electron chi connectivity index (χ2n) is 5.48. The van der Waals surface area contributed by atoms with Gasteiger partial charge in [0.15, 0.2) is 0 Å². The summed E-state index contributed by atoms with van der Waals surface area (Å²) in [7, 11) is -0.934. The number of fused-ring (bicyclic) bond motifs is 1. The third-order valence-electron chi connectivity index (χ3n) is 3.77. The number of sulfonamides is 1. The lowest BCUT2D eigenvalue weighted by Crippen LogP contribution is -2.15. The first kappa shape index (κ1) is 18.4. The molecule has 9 heteroatoms. The molecule has 1 heterocycles. The van der Waals surface area contributed by atoms with E-state index in [4.69, 9.17) is 9.47 Å². The Bertz CT molecular complexity index is 944. The zero-order valence-electron chi connectivity index (χ0n) is 14.2. The quantitative estimate of drug-likeness (QED) is 0.810. The standard InChI is InChI=1S/C17H18N2O5S2/c1-23-11-3-5-15(24-2)13(9-11)19-26(21,22)12-4-6-16-14(10-12)18-17(20)7-8-25-16/h3-6,9-10,19H,7-8H2,1-2H3,(H,18,20). The van der Waals surface area contributed by atoms with Crippen LogP contribution in [0.4, 0.5) is 11.4 Å². The van der Waals surface area contributed by atoms with E-state index < -0.39 is 10.0 Å².